The smallest absolute Gasteiger partial charge is 0.149 e. The largest absolute Gasteiger partial charge is 0.385 e. The van der Waals surface area contributed by atoms with Gasteiger partial charge in [0.15, 0.2) is 0 Å². The zero-order valence-electron chi connectivity index (χ0n) is 9.83. The molecule has 17 heavy (non-hydrogen) atoms. The number of halogens is 1. The molecule has 1 aromatic heterocycles. The molecule has 0 unspecified atom stereocenters. The fraction of sp³-hybridized carbons (Fsp3) is 0.357. The number of nitrogens with zero attached hydrogens (tertiary/aromatic N) is 1. The molecule has 0 aliphatic heterocycles. The molecule has 3 rings (SSSR count). The van der Waals surface area contributed by atoms with E-state index in [1.807, 2.05) is 13.0 Å². The maximum absolute atomic E-state index is 13.8. The molecule has 1 aliphatic carbocycles. The lowest BCUT2D eigenvalue weighted by Gasteiger charge is -2.10. The predicted octanol–water partition coefficient (Wildman–Crippen LogP) is 3.68. The van der Waals surface area contributed by atoms with Crippen LogP contribution >= 0.6 is 0 Å². The normalized spacial score (nSPS) is 15.2. The molecule has 1 aromatic carbocycles. The minimum absolute atomic E-state index is 0.232. The van der Waals surface area contributed by atoms with Crippen molar-refractivity contribution in [2.75, 3.05) is 11.9 Å². The van der Waals surface area contributed by atoms with Gasteiger partial charge in [-0.1, -0.05) is 12.1 Å². The lowest BCUT2D eigenvalue weighted by atomic mass is 10.1. The third-order valence-electron chi connectivity index (χ3n) is 3.17. The van der Waals surface area contributed by atoms with Crippen molar-refractivity contribution in [2.45, 2.75) is 25.7 Å². The second-order valence-electron chi connectivity index (χ2n) is 4.54. The van der Waals surface area contributed by atoms with Crippen molar-refractivity contribution in [1.82, 2.24) is 4.98 Å². The predicted molar refractivity (Wildman–Crippen MR) is 67.8 cm³/mol. The summed E-state index contributed by atoms with van der Waals surface area (Å²) in [7, 11) is 0. The first-order valence-electron chi connectivity index (χ1n) is 6.12. The summed E-state index contributed by atoms with van der Waals surface area (Å²) >= 11 is 0. The number of para-hydroxylation sites is 1. The van der Waals surface area contributed by atoms with Crippen LogP contribution in [0.4, 0.5) is 10.1 Å². The van der Waals surface area contributed by atoms with E-state index in [1.54, 1.807) is 6.07 Å². The van der Waals surface area contributed by atoms with Gasteiger partial charge in [0.05, 0.1) is 0 Å². The third-order valence-corrected chi connectivity index (χ3v) is 3.17. The number of anilines is 1. The summed E-state index contributed by atoms with van der Waals surface area (Å²) in [5.74, 6) is 0.306. The zero-order chi connectivity index (χ0) is 11.8. The summed E-state index contributed by atoms with van der Waals surface area (Å²) in [6.45, 7) is 2.88. The average Bonchev–Trinajstić information content (AvgIpc) is 3.14. The van der Waals surface area contributed by atoms with Gasteiger partial charge >= 0.3 is 0 Å². The molecular weight excluding hydrogens is 215 g/mol. The van der Waals surface area contributed by atoms with E-state index in [0.717, 1.165) is 23.3 Å². The van der Waals surface area contributed by atoms with Gasteiger partial charge in [0.25, 0.3) is 0 Å². The van der Waals surface area contributed by atoms with Gasteiger partial charge in [-0.3, -0.25) is 0 Å². The third kappa shape index (κ3) is 1.86. The van der Waals surface area contributed by atoms with Crippen LogP contribution in [0.5, 0.6) is 0 Å². The second-order valence-corrected chi connectivity index (χ2v) is 4.54. The molecule has 1 aliphatic rings. The summed E-state index contributed by atoms with van der Waals surface area (Å²) in [5, 5.41) is 4.17. The van der Waals surface area contributed by atoms with Gasteiger partial charge in [-0.15, -0.1) is 0 Å². The second kappa shape index (κ2) is 3.99. The number of aromatic nitrogens is 1. The van der Waals surface area contributed by atoms with E-state index in [2.05, 4.69) is 16.4 Å². The number of hydrogen-bond acceptors (Lipinski definition) is 2. The molecule has 2 aromatic rings. The highest BCUT2D eigenvalue weighted by Gasteiger charge is 2.26. The monoisotopic (exact) mass is 230 g/mol. The molecule has 1 saturated carbocycles. The summed E-state index contributed by atoms with van der Waals surface area (Å²) in [6, 6.07) is 7.20. The highest BCUT2D eigenvalue weighted by atomic mass is 19.1. The first kappa shape index (κ1) is 10.5. The Bertz CT molecular complexity index is 561. The maximum Gasteiger partial charge on any atom is 0.149 e. The van der Waals surface area contributed by atoms with E-state index in [4.69, 9.17) is 0 Å². The van der Waals surface area contributed by atoms with Crippen LogP contribution in [-0.4, -0.2) is 11.5 Å². The van der Waals surface area contributed by atoms with Gasteiger partial charge in [-0.05, 0) is 31.9 Å². The Kier molecular flexibility index (Phi) is 2.46. The van der Waals surface area contributed by atoms with Crippen LogP contribution < -0.4 is 5.32 Å². The highest BCUT2D eigenvalue weighted by molar-refractivity contribution is 5.91. The molecule has 2 nitrogen and oxygen atoms in total. The molecule has 1 heterocycles. The molecule has 0 radical (unpaired) electrons. The van der Waals surface area contributed by atoms with Gasteiger partial charge in [-0.2, -0.15) is 0 Å². The molecule has 0 amide bonds. The molecule has 0 spiro atoms. The highest BCUT2D eigenvalue weighted by Crippen LogP contribution is 2.41. The molecule has 3 heteroatoms. The fourth-order valence-electron chi connectivity index (χ4n) is 2.16. The van der Waals surface area contributed by atoms with Crippen LogP contribution in [0.15, 0.2) is 24.3 Å². The molecule has 0 saturated heterocycles. The Morgan fingerprint density at radius 1 is 1.41 bits per heavy atom. The molecule has 1 fully saturated rings. The van der Waals surface area contributed by atoms with Crippen LogP contribution in [0.1, 0.15) is 31.4 Å². The Morgan fingerprint density at radius 3 is 2.94 bits per heavy atom. The number of hydrogen-bond donors (Lipinski definition) is 1. The summed E-state index contributed by atoms with van der Waals surface area (Å²) in [4.78, 5) is 4.46. The first-order chi connectivity index (χ1) is 8.29. The van der Waals surface area contributed by atoms with E-state index in [-0.39, 0.29) is 5.82 Å². The topological polar surface area (TPSA) is 24.9 Å². The van der Waals surface area contributed by atoms with Gasteiger partial charge in [0, 0.05) is 29.2 Å². The van der Waals surface area contributed by atoms with Crippen molar-refractivity contribution < 1.29 is 4.39 Å². The van der Waals surface area contributed by atoms with Gasteiger partial charge < -0.3 is 5.32 Å². The average molecular weight is 230 g/mol. The number of fused-ring (bicyclic) bond motifs is 1. The number of benzene rings is 1. The summed E-state index contributed by atoms with van der Waals surface area (Å²) in [6.07, 6.45) is 2.36. The number of pyridine rings is 1. The van der Waals surface area contributed by atoms with Crippen molar-refractivity contribution in [3.63, 3.8) is 0 Å². The Balaban J connectivity index is 2.23. The van der Waals surface area contributed by atoms with Crippen LogP contribution in [0.2, 0.25) is 0 Å². The molecule has 88 valence electrons. The Morgan fingerprint density at radius 2 is 2.24 bits per heavy atom. The quantitative estimate of drug-likeness (QED) is 0.870. The van der Waals surface area contributed by atoms with Crippen molar-refractivity contribution in [2.24, 2.45) is 0 Å². The Hall–Kier alpha value is -1.64. The zero-order valence-corrected chi connectivity index (χ0v) is 9.83. The lowest BCUT2D eigenvalue weighted by Crippen LogP contribution is -2.01. The summed E-state index contributed by atoms with van der Waals surface area (Å²) in [5.41, 5.74) is 2.52. The van der Waals surface area contributed by atoms with Crippen LogP contribution in [-0.2, 0) is 0 Å². The van der Waals surface area contributed by atoms with Crippen LogP contribution in [0, 0.1) is 5.82 Å². The van der Waals surface area contributed by atoms with E-state index in [9.17, 15) is 4.39 Å². The summed E-state index contributed by atoms with van der Waals surface area (Å²) < 4.78 is 13.8. The Labute approximate surface area is 99.9 Å². The standard InChI is InChI=1S/C14H15FN2/c1-2-16-13-8-12(9-6-7-9)17-14-10(13)4-3-5-11(14)15/h3-5,8-9H,2,6-7H2,1H3,(H,16,17). The van der Waals surface area contributed by atoms with Crippen LogP contribution in [0.25, 0.3) is 10.9 Å². The SMILES string of the molecule is CCNc1cc(C2CC2)nc2c(F)cccc12. The van der Waals surface area contributed by atoms with Gasteiger partial charge in [0.1, 0.15) is 11.3 Å². The van der Waals surface area contributed by atoms with Gasteiger partial charge in [0.2, 0.25) is 0 Å². The lowest BCUT2D eigenvalue weighted by molar-refractivity contribution is 0.636. The number of rotatable bonds is 3. The first-order valence-corrected chi connectivity index (χ1v) is 6.12. The maximum atomic E-state index is 13.8. The van der Waals surface area contributed by atoms with E-state index in [1.165, 1.54) is 18.9 Å². The molecule has 0 atom stereocenters. The van der Waals surface area contributed by atoms with Crippen molar-refractivity contribution >= 4 is 16.6 Å². The van der Waals surface area contributed by atoms with E-state index < -0.39 is 0 Å². The fourth-order valence-corrected chi connectivity index (χ4v) is 2.16. The van der Waals surface area contributed by atoms with Crippen molar-refractivity contribution in [3.8, 4) is 0 Å². The van der Waals surface area contributed by atoms with Crippen molar-refractivity contribution in [1.29, 1.82) is 0 Å². The van der Waals surface area contributed by atoms with E-state index >= 15 is 0 Å². The van der Waals surface area contributed by atoms with Crippen LogP contribution in [0.3, 0.4) is 0 Å². The molecular formula is C14H15FN2. The molecule has 1 N–H and O–H groups in total. The van der Waals surface area contributed by atoms with Crippen molar-refractivity contribution in [3.05, 3.63) is 35.8 Å². The minimum atomic E-state index is -0.232. The van der Waals surface area contributed by atoms with E-state index in [0.29, 0.717) is 11.4 Å². The van der Waals surface area contributed by atoms with Gasteiger partial charge in [-0.25, -0.2) is 9.37 Å². The minimum Gasteiger partial charge on any atom is -0.385 e. The molecule has 0 bridgehead atoms. The number of nitrogens with one attached hydrogen (secondary N) is 1.